The number of nitrogens with one attached hydrogen (secondary N) is 1. The lowest BCUT2D eigenvalue weighted by atomic mass is 10.1. The van der Waals surface area contributed by atoms with Crippen LogP contribution in [0.1, 0.15) is 49.0 Å². The van der Waals surface area contributed by atoms with E-state index in [0.29, 0.717) is 49.2 Å². The molecular formula is C20H28N2O5. The smallest absolute Gasteiger partial charge is 0.251 e. The molecule has 1 amide bonds. The summed E-state index contributed by atoms with van der Waals surface area (Å²) < 4.78 is 22.1. The van der Waals surface area contributed by atoms with Gasteiger partial charge in [-0.05, 0) is 46.2 Å². The molecule has 0 aliphatic heterocycles. The number of hydrogen-bond acceptors (Lipinski definition) is 6. The van der Waals surface area contributed by atoms with Crippen LogP contribution in [-0.4, -0.2) is 37.4 Å². The van der Waals surface area contributed by atoms with E-state index in [1.165, 1.54) is 0 Å². The summed E-state index contributed by atoms with van der Waals surface area (Å²) in [4.78, 5) is 12.5. The highest BCUT2D eigenvalue weighted by Crippen LogP contribution is 2.39. The van der Waals surface area contributed by atoms with Crippen molar-refractivity contribution in [1.29, 1.82) is 0 Å². The standard InChI is InChI=1S/C20H28N2O5/c1-5-24-17-12-15(13-18(25-6-2)19(17)26-7-3)20(23)21-10-8-9-16-11-14(4)22-27-16/h11-13H,5-10H2,1-4H3,(H,21,23). The molecule has 0 unspecified atom stereocenters. The van der Waals surface area contributed by atoms with Gasteiger partial charge in [0.05, 0.1) is 25.5 Å². The molecule has 0 saturated carbocycles. The first-order valence-electron chi connectivity index (χ1n) is 9.35. The third-order valence-electron chi connectivity index (χ3n) is 3.73. The summed E-state index contributed by atoms with van der Waals surface area (Å²) in [6.45, 7) is 9.48. The second-order valence-corrected chi connectivity index (χ2v) is 5.89. The lowest BCUT2D eigenvalue weighted by Crippen LogP contribution is -2.25. The van der Waals surface area contributed by atoms with Crippen LogP contribution >= 0.6 is 0 Å². The van der Waals surface area contributed by atoms with Crippen molar-refractivity contribution in [2.45, 2.75) is 40.5 Å². The molecular weight excluding hydrogens is 348 g/mol. The molecule has 27 heavy (non-hydrogen) atoms. The monoisotopic (exact) mass is 376 g/mol. The number of nitrogens with zero attached hydrogens (tertiary/aromatic N) is 1. The van der Waals surface area contributed by atoms with Gasteiger partial charge in [-0.2, -0.15) is 0 Å². The van der Waals surface area contributed by atoms with E-state index in [-0.39, 0.29) is 5.91 Å². The summed E-state index contributed by atoms with van der Waals surface area (Å²) in [5.74, 6) is 2.17. The molecule has 0 bridgehead atoms. The molecule has 0 spiro atoms. The zero-order valence-corrected chi connectivity index (χ0v) is 16.5. The van der Waals surface area contributed by atoms with Crippen LogP contribution in [-0.2, 0) is 6.42 Å². The van der Waals surface area contributed by atoms with Gasteiger partial charge in [-0.3, -0.25) is 4.79 Å². The van der Waals surface area contributed by atoms with Gasteiger partial charge in [-0.1, -0.05) is 5.16 Å². The molecule has 0 radical (unpaired) electrons. The third kappa shape index (κ3) is 5.91. The summed E-state index contributed by atoms with van der Waals surface area (Å²) in [6.07, 6.45) is 1.48. The van der Waals surface area contributed by atoms with Crippen molar-refractivity contribution in [2.24, 2.45) is 0 Å². The van der Waals surface area contributed by atoms with E-state index in [0.717, 1.165) is 24.3 Å². The summed E-state index contributed by atoms with van der Waals surface area (Å²) >= 11 is 0. The van der Waals surface area contributed by atoms with Crippen LogP contribution in [0.3, 0.4) is 0 Å². The van der Waals surface area contributed by atoms with E-state index in [2.05, 4.69) is 10.5 Å². The first-order valence-corrected chi connectivity index (χ1v) is 9.35. The molecule has 1 aromatic heterocycles. The van der Waals surface area contributed by atoms with E-state index in [1.54, 1.807) is 12.1 Å². The molecule has 1 N–H and O–H groups in total. The Bertz CT molecular complexity index is 715. The molecule has 0 atom stereocenters. The van der Waals surface area contributed by atoms with E-state index in [9.17, 15) is 4.79 Å². The highest BCUT2D eigenvalue weighted by atomic mass is 16.5. The Labute approximate surface area is 160 Å². The van der Waals surface area contributed by atoms with Gasteiger partial charge in [0.1, 0.15) is 5.76 Å². The number of aromatic nitrogens is 1. The number of ether oxygens (including phenoxy) is 3. The molecule has 0 fully saturated rings. The van der Waals surface area contributed by atoms with Crippen LogP contribution in [0.15, 0.2) is 22.7 Å². The normalized spacial score (nSPS) is 10.5. The predicted molar refractivity (Wildman–Crippen MR) is 102 cm³/mol. The fourth-order valence-electron chi connectivity index (χ4n) is 2.62. The van der Waals surface area contributed by atoms with Crippen molar-refractivity contribution in [3.63, 3.8) is 0 Å². The minimum atomic E-state index is -0.186. The highest BCUT2D eigenvalue weighted by Gasteiger charge is 2.18. The van der Waals surface area contributed by atoms with Crippen molar-refractivity contribution in [3.05, 3.63) is 35.2 Å². The molecule has 1 heterocycles. The Morgan fingerprint density at radius 2 is 1.67 bits per heavy atom. The molecule has 1 aromatic carbocycles. The number of hydrogen-bond donors (Lipinski definition) is 1. The van der Waals surface area contributed by atoms with E-state index < -0.39 is 0 Å². The van der Waals surface area contributed by atoms with Crippen LogP contribution in [0.25, 0.3) is 0 Å². The number of aryl methyl sites for hydroxylation is 2. The van der Waals surface area contributed by atoms with E-state index in [4.69, 9.17) is 18.7 Å². The molecule has 0 aliphatic carbocycles. The average Bonchev–Trinajstić information content (AvgIpc) is 3.06. The maximum atomic E-state index is 12.5. The topological polar surface area (TPSA) is 82.8 Å². The molecule has 7 heteroatoms. The van der Waals surface area contributed by atoms with Crippen LogP contribution in [0.4, 0.5) is 0 Å². The molecule has 0 saturated heterocycles. The fraction of sp³-hybridized carbons (Fsp3) is 0.500. The molecule has 0 aliphatic rings. The van der Waals surface area contributed by atoms with Gasteiger partial charge < -0.3 is 24.1 Å². The van der Waals surface area contributed by atoms with Crippen LogP contribution < -0.4 is 19.5 Å². The second kappa shape index (κ2) is 10.4. The van der Waals surface area contributed by atoms with Crippen molar-refractivity contribution >= 4 is 5.91 Å². The predicted octanol–water partition coefficient (Wildman–Crippen LogP) is 3.54. The molecule has 148 valence electrons. The van der Waals surface area contributed by atoms with Gasteiger partial charge in [0.15, 0.2) is 11.5 Å². The Hall–Kier alpha value is -2.70. The Morgan fingerprint density at radius 3 is 2.19 bits per heavy atom. The van der Waals surface area contributed by atoms with Gasteiger partial charge in [0.25, 0.3) is 5.91 Å². The van der Waals surface area contributed by atoms with Gasteiger partial charge in [0, 0.05) is 24.6 Å². The minimum Gasteiger partial charge on any atom is -0.490 e. The third-order valence-corrected chi connectivity index (χ3v) is 3.73. The number of amides is 1. The lowest BCUT2D eigenvalue weighted by molar-refractivity contribution is 0.0952. The van der Waals surface area contributed by atoms with Crippen LogP contribution in [0.5, 0.6) is 17.2 Å². The van der Waals surface area contributed by atoms with E-state index >= 15 is 0 Å². The number of benzene rings is 1. The molecule has 7 nitrogen and oxygen atoms in total. The van der Waals surface area contributed by atoms with Crippen molar-refractivity contribution in [3.8, 4) is 17.2 Å². The van der Waals surface area contributed by atoms with Crippen molar-refractivity contribution < 1.29 is 23.5 Å². The minimum absolute atomic E-state index is 0.186. The van der Waals surface area contributed by atoms with Crippen molar-refractivity contribution in [1.82, 2.24) is 10.5 Å². The quantitative estimate of drug-likeness (QED) is 0.604. The van der Waals surface area contributed by atoms with Crippen molar-refractivity contribution in [2.75, 3.05) is 26.4 Å². The SMILES string of the molecule is CCOc1cc(C(=O)NCCCc2cc(C)no2)cc(OCC)c1OCC. The maximum absolute atomic E-state index is 12.5. The van der Waals surface area contributed by atoms with Gasteiger partial charge in [-0.15, -0.1) is 0 Å². The Morgan fingerprint density at radius 1 is 1.04 bits per heavy atom. The van der Waals surface area contributed by atoms with E-state index in [1.807, 2.05) is 33.8 Å². The summed E-state index contributed by atoms with van der Waals surface area (Å²) in [5, 5.41) is 6.77. The van der Waals surface area contributed by atoms with Crippen LogP contribution in [0.2, 0.25) is 0 Å². The van der Waals surface area contributed by atoms with Gasteiger partial charge >= 0.3 is 0 Å². The zero-order chi connectivity index (χ0) is 19.6. The zero-order valence-electron chi connectivity index (χ0n) is 16.5. The largest absolute Gasteiger partial charge is 0.490 e. The van der Waals surface area contributed by atoms with Gasteiger partial charge in [-0.25, -0.2) is 0 Å². The number of carbonyl (C=O) groups is 1. The summed E-state index contributed by atoms with van der Waals surface area (Å²) in [5.41, 5.74) is 1.33. The summed E-state index contributed by atoms with van der Waals surface area (Å²) in [6, 6.07) is 5.27. The highest BCUT2D eigenvalue weighted by molar-refractivity contribution is 5.95. The van der Waals surface area contributed by atoms with Gasteiger partial charge in [0.2, 0.25) is 5.75 Å². The Kier molecular flexibility index (Phi) is 7.98. The number of rotatable bonds is 11. The average molecular weight is 376 g/mol. The first-order chi connectivity index (χ1) is 13.1. The van der Waals surface area contributed by atoms with Crippen LogP contribution in [0, 0.1) is 6.92 Å². The Balaban J connectivity index is 2.04. The maximum Gasteiger partial charge on any atom is 0.251 e. The first kappa shape index (κ1) is 20.6. The fourth-order valence-corrected chi connectivity index (χ4v) is 2.62. The summed E-state index contributed by atoms with van der Waals surface area (Å²) in [7, 11) is 0. The number of carbonyl (C=O) groups excluding carboxylic acids is 1. The second-order valence-electron chi connectivity index (χ2n) is 5.89. The molecule has 2 aromatic rings. The molecule has 2 rings (SSSR count). The lowest BCUT2D eigenvalue weighted by Gasteiger charge is -2.17.